The molecule has 32 heavy (non-hydrogen) atoms. The normalized spacial score (nSPS) is 19.0. The summed E-state index contributed by atoms with van der Waals surface area (Å²) < 4.78 is 11.5. The monoisotopic (exact) mass is 551 g/mol. The molecule has 4 rings (SSSR count). The van der Waals surface area contributed by atoms with Gasteiger partial charge in [-0.25, -0.2) is 4.98 Å². The molecule has 2 aliphatic heterocycles. The summed E-state index contributed by atoms with van der Waals surface area (Å²) in [5, 5.41) is 3.55. The highest BCUT2D eigenvalue weighted by atomic mass is 127. The molecule has 0 aliphatic carbocycles. The van der Waals surface area contributed by atoms with Crippen molar-refractivity contribution in [2.24, 2.45) is 10.9 Å². The Morgan fingerprint density at radius 1 is 1.16 bits per heavy atom. The predicted molar refractivity (Wildman–Crippen MR) is 139 cm³/mol. The maximum Gasteiger partial charge on any atom is 0.193 e. The Kier molecular flexibility index (Phi) is 10.0. The van der Waals surface area contributed by atoms with Crippen LogP contribution in [0.5, 0.6) is 0 Å². The first-order chi connectivity index (χ1) is 15.3. The average molecular weight is 551 g/mol. The minimum Gasteiger partial charge on any atom is -0.378 e. The Balaban J connectivity index is 0.00000289. The van der Waals surface area contributed by atoms with Crippen LogP contribution in [0.3, 0.4) is 0 Å². The lowest BCUT2D eigenvalue weighted by Crippen LogP contribution is -2.41. The summed E-state index contributed by atoms with van der Waals surface area (Å²) in [7, 11) is 1.85. The molecule has 174 valence electrons. The van der Waals surface area contributed by atoms with Crippen molar-refractivity contribution < 1.29 is 9.47 Å². The van der Waals surface area contributed by atoms with Gasteiger partial charge in [0, 0.05) is 57.4 Å². The van der Waals surface area contributed by atoms with Crippen LogP contribution in [-0.2, 0) is 22.6 Å². The van der Waals surface area contributed by atoms with Crippen molar-refractivity contribution in [3.05, 3.63) is 59.8 Å². The SMILES string of the molecule is CN=C(NCc1cccnc1N1CCOCC1)N1CCC(COCc2ccccc2)C1.I. The van der Waals surface area contributed by atoms with E-state index in [9.17, 15) is 0 Å². The van der Waals surface area contributed by atoms with Crippen LogP contribution in [0.25, 0.3) is 0 Å². The number of likely N-dealkylation sites (tertiary alicyclic amines) is 1. The number of rotatable bonds is 7. The molecule has 3 heterocycles. The van der Waals surface area contributed by atoms with Gasteiger partial charge in [0.15, 0.2) is 5.96 Å². The van der Waals surface area contributed by atoms with Gasteiger partial charge in [0.25, 0.3) is 0 Å². The van der Waals surface area contributed by atoms with Gasteiger partial charge in [0.1, 0.15) is 5.82 Å². The third-order valence-corrected chi connectivity index (χ3v) is 5.88. The Labute approximate surface area is 208 Å². The number of anilines is 1. The second-order valence-electron chi connectivity index (χ2n) is 8.09. The van der Waals surface area contributed by atoms with Crippen molar-refractivity contribution in [2.45, 2.75) is 19.6 Å². The smallest absolute Gasteiger partial charge is 0.193 e. The molecule has 1 aromatic carbocycles. The van der Waals surface area contributed by atoms with Gasteiger partial charge in [-0.15, -0.1) is 24.0 Å². The van der Waals surface area contributed by atoms with Gasteiger partial charge < -0.3 is 24.6 Å². The van der Waals surface area contributed by atoms with E-state index in [-0.39, 0.29) is 24.0 Å². The number of guanidine groups is 1. The molecule has 1 unspecified atom stereocenters. The van der Waals surface area contributed by atoms with Crippen LogP contribution in [0.1, 0.15) is 17.5 Å². The largest absolute Gasteiger partial charge is 0.378 e. The lowest BCUT2D eigenvalue weighted by atomic mass is 10.1. The van der Waals surface area contributed by atoms with E-state index in [4.69, 9.17) is 9.47 Å². The van der Waals surface area contributed by atoms with Crippen LogP contribution < -0.4 is 10.2 Å². The Morgan fingerprint density at radius 2 is 1.97 bits per heavy atom. The maximum absolute atomic E-state index is 5.97. The molecular weight excluding hydrogens is 517 g/mol. The summed E-state index contributed by atoms with van der Waals surface area (Å²) in [4.78, 5) is 13.8. The van der Waals surface area contributed by atoms with Crippen LogP contribution in [0.4, 0.5) is 5.82 Å². The van der Waals surface area contributed by atoms with Crippen LogP contribution in [-0.4, -0.2) is 68.9 Å². The number of aliphatic imine (C=N–C) groups is 1. The lowest BCUT2D eigenvalue weighted by Gasteiger charge is -2.30. The quantitative estimate of drug-likeness (QED) is 0.324. The van der Waals surface area contributed by atoms with Crippen LogP contribution in [0, 0.1) is 5.92 Å². The fourth-order valence-electron chi connectivity index (χ4n) is 4.21. The number of benzene rings is 1. The van der Waals surface area contributed by atoms with Gasteiger partial charge in [-0.05, 0) is 18.1 Å². The number of morpholine rings is 1. The zero-order valence-corrected chi connectivity index (χ0v) is 21.1. The first-order valence-corrected chi connectivity index (χ1v) is 11.2. The molecule has 1 N–H and O–H groups in total. The number of nitrogens with one attached hydrogen (secondary N) is 1. The minimum atomic E-state index is 0. The van der Waals surface area contributed by atoms with E-state index in [1.54, 1.807) is 0 Å². The molecular formula is C24H34IN5O2. The Hall–Kier alpha value is -1.91. The lowest BCUT2D eigenvalue weighted by molar-refractivity contribution is 0.0906. The van der Waals surface area contributed by atoms with E-state index >= 15 is 0 Å². The first kappa shape index (κ1) is 24.7. The van der Waals surface area contributed by atoms with E-state index in [1.807, 2.05) is 25.4 Å². The summed E-state index contributed by atoms with van der Waals surface area (Å²) in [6, 6.07) is 14.5. The topological polar surface area (TPSA) is 62.2 Å². The molecule has 0 spiro atoms. The van der Waals surface area contributed by atoms with Crippen LogP contribution in [0.2, 0.25) is 0 Å². The van der Waals surface area contributed by atoms with Crippen molar-refractivity contribution in [1.82, 2.24) is 15.2 Å². The van der Waals surface area contributed by atoms with Crippen molar-refractivity contribution in [1.29, 1.82) is 0 Å². The average Bonchev–Trinajstić information content (AvgIpc) is 3.30. The highest BCUT2D eigenvalue weighted by Crippen LogP contribution is 2.20. The Morgan fingerprint density at radius 3 is 2.75 bits per heavy atom. The molecule has 2 aliphatic rings. The van der Waals surface area contributed by atoms with Gasteiger partial charge in [0.05, 0.1) is 26.4 Å². The van der Waals surface area contributed by atoms with Gasteiger partial charge in [0.2, 0.25) is 0 Å². The fourth-order valence-corrected chi connectivity index (χ4v) is 4.21. The number of halogens is 1. The number of aromatic nitrogens is 1. The summed E-state index contributed by atoms with van der Waals surface area (Å²) in [6.07, 6.45) is 2.99. The molecule has 0 amide bonds. The van der Waals surface area contributed by atoms with Crippen molar-refractivity contribution in [3.8, 4) is 0 Å². The molecule has 2 aromatic rings. The van der Waals surface area contributed by atoms with Gasteiger partial charge in [-0.3, -0.25) is 4.99 Å². The van der Waals surface area contributed by atoms with E-state index in [0.29, 0.717) is 19.1 Å². The van der Waals surface area contributed by atoms with Crippen molar-refractivity contribution in [3.63, 3.8) is 0 Å². The number of hydrogen-bond donors (Lipinski definition) is 1. The Bertz CT molecular complexity index is 845. The minimum absolute atomic E-state index is 0. The van der Waals surface area contributed by atoms with E-state index in [2.05, 4.69) is 55.4 Å². The molecule has 1 aromatic heterocycles. The molecule has 2 saturated heterocycles. The first-order valence-electron chi connectivity index (χ1n) is 11.2. The summed E-state index contributed by atoms with van der Waals surface area (Å²) in [5.41, 5.74) is 2.41. The molecule has 1 atom stereocenters. The zero-order chi connectivity index (χ0) is 21.3. The molecule has 2 fully saturated rings. The number of pyridine rings is 1. The molecule has 0 saturated carbocycles. The van der Waals surface area contributed by atoms with Gasteiger partial charge in [-0.2, -0.15) is 0 Å². The maximum atomic E-state index is 5.97. The summed E-state index contributed by atoms with van der Waals surface area (Å²) in [6.45, 7) is 7.42. The molecule has 8 heteroatoms. The number of ether oxygens (including phenoxy) is 2. The van der Waals surface area contributed by atoms with Gasteiger partial charge >= 0.3 is 0 Å². The number of nitrogens with zero attached hydrogens (tertiary/aromatic N) is 4. The second kappa shape index (κ2) is 13.0. The third-order valence-electron chi connectivity index (χ3n) is 5.88. The van der Waals surface area contributed by atoms with Crippen LogP contribution in [0.15, 0.2) is 53.7 Å². The van der Waals surface area contributed by atoms with Crippen molar-refractivity contribution in [2.75, 3.05) is 57.9 Å². The van der Waals surface area contributed by atoms with Crippen molar-refractivity contribution >= 4 is 35.8 Å². The second-order valence-corrected chi connectivity index (χ2v) is 8.09. The van der Waals surface area contributed by atoms with E-state index in [0.717, 1.165) is 64.2 Å². The molecule has 7 nitrogen and oxygen atoms in total. The standard InChI is InChI=1S/C24H33N5O2.HI/c1-25-24(27-16-22-8-5-10-26-23(22)28-12-14-30-15-13-28)29-11-9-21(17-29)19-31-18-20-6-3-2-4-7-20;/h2-8,10,21H,9,11-19H2,1H3,(H,25,27);1H. The predicted octanol–water partition coefficient (Wildman–Crippen LogP) is 3.15. The van der Waals surface area contributed by atoms with Crippen LogP contribution >= 0.6 is 24.0 Å². The summed E-state index contributed by atoms with van der Waals surface area (Å²) in [5.74, 6) is 2.52. The summed E-state index contributed by atoms with van der Waals surface area (Å²) >= 11 is 0. The van der Waals surface area contributed by atoms with E-state index < -0.39 is 0 Å². The highest BCUT2D eigenvalue weighted by molar-refractivity contribution is 14.0. The zero-order valence-electron chi connectivity index (χ0n) is 18.8. The fraction of sp³-hybridized carbons (Fsp3) is 0.500. The number of hydrogen-bond acceptors (Lipinski definition) is 5. The molecule has 0 radical (unpaired) electrons. The van der Waals surface area contributed by atoms with E-state index in [1.165, 1.54) is 11.1 Å². The molecule has 0 bridgehead atoms. The third kappa shape index (κ3) is 6.79. The van der Waals surface area contributed by atoms with Gasteiger partial charge in [-0.1, -0.05) is 36.4 Å². The highest BCUT2D eigenvalue weighted by Gasteiger charge is 2.25.